The van der Waals surface area contributed by atoms with Crippen LogP contribution < -0.4 is 0 Å². The molecule has 1 rings (SSSR count). The maximum absolute atomic E-state index is 13.6. The fraction of sp³-hybridized carbons (Fsp3) is 0.538. The number of unbranched alkanes of at least 4 members (excludes halogenated alkanes) is 2. The summed E-state index contributed by atoms with van der Waals surface area (Å²) >= 11 is 0.429. The van der Waals surface area contributed by atoms with Crippen LogP contribution >= 0.6 is 11.8 Å². The summed E-state index contributed by atoms with van der Waals surface area (Å²) in [7, 11) is 0. The number of thioether (sulfide) groups is 1. The van der Waals surface area contributed by atoms with E-state index in [1.54, 1.807) is 30.3 Å². The lowest BCUT2D eigenvalue weighted by Crippen LogP contribution is -2.29. The molecule has 0 bridgehead atoms. The number of hydrogen-bond acceptors (Lipinski definition) is 2. The topological polar surface area (TPSA) is 20.2 Å². The Morgan fingerprint density at radius 3 is 2.47 bits per heavy atom. The van der Waals surface area contributed by atoms with Gasteiger partial charge in [0.25, 0.3) is 0 Å². The van der Waals surface area contributed by atoms with Gasteiger partial charge in [0.05, 0.1) is 0 Å². The van der Waals surface area contributed by atoms with Gasteiger partial charge in [-0.15, -0.1) is 0 Å². The van der Waals surface area contributed by atoms with Crippen molar-refractivity contribution in [1.29, 1.82) is 0 Å². The Morgan fingerprint density at radius 2 is 1.88 bits per heavy atom. The summed E-state index contributed by atoms with van der Waals surface area (Å²) in [6.07, 6.45) is 1.07. The van der Waals surface area contributed by atoms with E-state index in [4.69, 9.17) is 0 Å². The number of aliphatic hydroxyl groups excluding tert-OH is 1. The number of aliphatic hydroxyl groups is 1. The SMILES string of the molecule is CCCCCC(O)C(F)(F)Sc1ccccc1. The second-order valence-corrected chi connectivity index (χ2v) is 5.21. The van der Waals surface area contributed by atoms with E-state index in [0.717, 1.165) is 12.8 Å². The smallest absolute Gasteiger partial charge is 0.323 e. The third-order valence-electron chi connectivity index (χ3n) is 2.47. The Labute approximate surface area is 105 Å². The lowest BCUT2D eigenvalue weighted by atomic mass is 10.1. The summed E-state index contributed by atoms with van der Waals surface area (Å²) in [6, 6.07) is 8.44. The van der Waals surface area contributed by atoms with Crippen LogP contribution in [0.5, 0.6) is 0 Å². The summed E-state index contributed by atoms with van der Waals surface area (Å²) in [6.45, 7) is 2.00. The van der Waals surface area contributed by atoms with Crippen LogP contribution in [-0.2, 0) is 0 Å². The van der Waals surface area contributed by atoms with Gasteiger partial charge >= 0.3 is 5.25 Å². The van der Waals surface area contributed by atoms with Crippen LogP contribution in [0.2, 0.25) is 0 Å². The van der Waals surface area contributed by atoms with Crippen LogP contribution in [0, 0.1) is 0 Å². The van der Waals surface area contributed by atoms with Gasteiger partial charge in [0.1, 0.15) is 6.10 Å². The first-order valence-electron chi connectivity index (χ1n) is 5.86. The van der Waals surface area contributed by atoms with E-state index in [0.29, 0.717) is 23.1 Å². The van der Waals surface area contributed by atoms with Crippen molar-refractivity contribution in [3.8, 4) is 0 Å². The molecule has 0 aromatic heterocycles. The number of halogens is 2. The normalized spacial score (nSPS) is 13.6. The predicted octanol–water partition coefficient (Wildman–Crippen LogP) is 4.31. The first-order valence-corrected chi connectivity index (χ1v) is 6.68. The molecule has 0 amide bonds. The molecular weight excluding hydrogens is 242 g/mol. The zero-order valence-corrected chi connectivity index (χ0v) is 10.7. The molecule has 0 spiro atoms. The molecule has 96 valence electrons. The largest absolute Gasteiger partial charge is 0.386 e. The van der Waals surface area contributed by atoms with Gasteiger partial charge in [0.2, 0.25) is 0 Å². The minimum atomic E-state index is -3.12. The van der Waals surface area contributed by atoms with Gasteiger partial charge in [-0.3, -0.25) is 0 Å². The van der Waals surface area contributed by atoms with Gasteiger partial charge in [0, 0.05) is 4.90 Å². The Bertz CT molecular complexity index is 316. The number of hydrogen-bond donors (Lipinski definition) is 1. The van der Waals surface area contributed by atoms with Gasteiger partial charge < -0.3 is 5.11 Å². The molecule has 0 radical (unpaired) electrons. The van der Waals surface area contributed by atoms with Gasteiger partial charge in [-0.1, -0.05) is 44.4 Å². The van der Waals surface area contributed by atoms with E-state index in [1.165, 1.54) is 0 Å². The highest BCUT2D eigenvalue weighted by atomic mass is 32.2. The van der Waals surface area contributed by atoms with E-state index in [9.17, 15) is 13.9 Å². The number of benzene rings is 1. The Morgan fingerprint density at radius 1 is 1.24 bits per heavy atom. The van der Waals surface area contributed by atoms with Crippen molar-refractivity contribution in [3.63, 3.8) is 0 Å². The molecule has 0 fully saturated rings. The molecule has 1 unspecified atom stereocenters. The van der Waals surface area contributed by atoms with Crippen LogP contribution in [0.15, 0.2) is 35.2 Å². The van der Waals surface area contributed by atoms with Crippen LogP contribution in [0.25, 0.3) is 0 Å². The van der Waals surface area contributed by atoms with Crippen molar-refractivity contribution in [2.45, 2.75) is 48.9 Å². The van der Waals surface area contributed by atoms with Gasteiger partial charge in [-0.25, -0.2) is 0 Å². The van der Waals surface area contributed by atoms with E-state index < -0.39 is 11.4 Å². The van der Waals surface area contributed by atoms with Crippen molar-refractivity contribution >= 4 is 11.8 Å². The van der Waals surface area contributed by atoms with Crippen molar-refractivity contribution in [2.75, 3.05) is 0 Å². The molecule has 1 aromatic rings. The summed E-state index contributed by atoms with van der Waals surface area (Å²) in [5.41, 5.74) is 0. The summed E-state index contributed by atoms with van der Waals surface area (Å²) in [5.74, 6) is 0. The molecule has 0 aliphatic heterocycles. The monoisotopic (exact) mass is 260 g/mol. The first-order chi connectivity index (χ1) is 8.06. The van der Waals surface area contributed by atoms with Crippen LogP contribution in [0.3, 0.4) is 0 Å². The average molecular weight is 260 g/mol. The van der Waals surface area contributed by atoms with Crippen LogP contribution in [0.4, 0.5) is 8.78 Å². The summed E-state index contributed by atoms with van der Waals surface area (Å²) in [4.78, 5) is 0.479. The summed E-state index contributed by atoms with van der Waals surface area (Å²) in [5, 5.41) is 6.38. The lowest BCUT2D eigenvalue weighted by molar-refractivity contribution is -0.0385. The second-order valence-electron chi connectivity index (χ2n) is 3.99. The van der Waals surface area contributed by atoms with Crippen molar-refractivity contribution in [2.24, 2.45) is 0 Å². The highest BCUT2D eigenvalue weighted by molar-refractivity contribution is 8.00. The van der Waals surface area contributed by atoms with Gasteiger partial charge in [0.15, 0.2) is 0 Å². The van der Waals surface area contributed by atoms with Crippen molar-refractivity contribution in [1.82, 2.24) is 0 Å². The second kappa shape index (κ2) is 6.97. The third-order valence-corrected chi connectivity index (χ3v) is 3.52. The van der Waals surface area contributed by atoms with E-state index in [2.05, 4.69) is 0 Å². The molecule has 1 N–H and O–H groups in total. The Hall–Kier alpha value is -0.610. The quantitative estimate of drug-likeness (QED) is 0.582. The molecule has 0 aliphatic carbocycles. The lowest BCUT2D eigenvalue weighted by Gasteiger charge is -2.21. The molecule has 4 heteroatoms. The zero-order valence-electron chi connectivity index (χ0n) is 9.90. The third kappa shape index (κ3) is 5.04. The molecule has 1 atom stereocenters. The van der Waals surface area contributed by atoms with Crippen molar-refractivity contribution in [3.05, 3.63) is 30.3 Å². The standard InChI is InChI=1S/C13H18F2OS/c1-2-3-5-10-12(16)13(14,15)17-11-8-6-4-7-9-11/h4,6-9,12,16H,2-3,5,10H2,1H3. The average Bonchev–Trinajstić information content (AvgIpc) is 2.30. The van der Waals surface area contributed by atoms with E-state index >= 15 is 0 Å². The minimum absolute atomic E-state index is 0.153. The molecule has 0 saturated carbocycles. The Balaban J connectivity index is 2.49. The fourth-order valence-electron chi connectivity index (χ4n) is 1.47. The molecule has 1 nitrogen and oxygen atoms in total. The van der Waals surface area contributed by atoms with Crippen LogP contribution in [-0.4, -0.2) is 16.5 Å². The minimum Gasteiger partial charge on any atom is -0.386 e. The fourth-order valence-corrected chi connectivity index (χ4v) is 2.33. The molecule has 0 heterocycles. The van der Waals surface area contributed by atoms with Crippen LogP contribution in [0.1, 0.15) is 32.6 Å². The molecule has 17 heavy (non-hydrogen) atoms. The molecule has 0 saturated heterocycles. The first kappa shape index (κ1) is 14.5. The number of alkyl halides is 2. The molecular formula is C13H18F2OS. The van der Waals surface area contributed by atoms with Gasteiger partial charge in [-0.05, 0) is 30.3 Å². The van der Waals surface area contributed by atoms with Gasteiger partial charge in [-0.2, -0.15) is 8.78 Å². The molecule has 0 aliphatic rings. The Kier molecular flexibility index (Phi) is 5.92. The van der Waals surface area contributed by atoms with E-state index in [-0.39, 0.29) is 6.42 Å². The van der Waals surface area contributed by atoms with Crippen molar-refractivity contribution < 1.29 is 13.9 Å². The highest BCUT2D eigenvalue weighted by Crippen LogP contribution is 2.39. The number of rotatable bonds is 7. The maximum atomic E-state index is 13.6. The zero-order chi connectivity index (χ0) is 12.7. The maximum Gasteiger partial charge on any atom is 0.323 e. The predicted molar refractivity (Wildman–Crippen MR) is 67.4 cm³/mol. The molecule has 1 aromatic carbocycles. The highest BCUT2D eigenvalue weighted by Gasteiger charge is 2.39. The van der Waals surface area contributed by atoms with E-state index in [1.807, 2.05) is 6.92 Å². The summed E-state index contributed by atoms with van der Waals surface area (Å²) < 4.78 is 27.3.